The number of rotatable bonds is 5. The van der Waals surface area contributed by atoms with Gasteiger partial charge in [-0.05, 0) is 37.5 Å². The third kappa shape index (κ3) is 3.32. The number of aromatic nitrogens is 2. The summed E-state index contributed by atoms with van der Waals surface area (Å²) in [7, 11) is 1.75. The van der Waals surface area contributed by atoms with Crippen LogP contribution in [0.25, 0.3) is 0 Å². The topological polar surface area (TPSA) is 42.3 Å². The lowest BCUT2D eigenvalue weighted by Crippen LogP contribution is -2.36. The predicted octanol–water partition coefficient (Wildman–Crippen LogP) is 5.10. The molecule has 0 aliphatic carbocycles. The smallest absolute Gasteiger partial charge is 0.129 e. The Morgan fingerprint density at radius 1 is 1.32 bits per heavy atom. The average molecular weight is 419 g/mol. The zero-order valence-electron chi connectivity index (χ0n) is 16.1. The summed E-state index contributed by atoms with van der Waals surface area (Å²) in [5.74, 6) is 0.944. The van der Waals surface area contributed by atoms with Crippen molar-refractivity contribution in [3.05, 3.63) is 69.6 Å². The lowest BCUT2D eigenvalue weighted by Gasteiger charge is -2.37. The average Bonchev–Trinajstić information content (AvgIpc) is 3.32. The summed E-state index contributed by atoms with van der Waals surface area (Å²) in [6.07, 6.45) is 4.05. The van der Waals surface area contributed by atoms with Crippen LogP contribution in [0.4, 0.5) is 5.82 Å². The minimum atomic E-state index is -0.127. The van der Waals surface area contributed by atoms with Crippen molar-refractivity contribution in [2.24, 2.45) is 0 Å². The van der Waals surface area contributed by atoms with Crippen molar-refractivity contribution in [2.75, 3.05) is 25.6 Å². The molecular weight excluding hydrogens is 395 g/mol. The fourth-order valence-electron chi connectivity index (χ4n) is 4.28. The fraction of sp³-hybridized carbons (Fsp3) is 0.381. The number of halogens is 2. The van der Waals surface area contributed by atoms with E-state index in [1.165, 1.54) is 0 Å². The first-order valence-electron chi connectivity index (χ1n) is 9.42. The highest BCUT2D eigenvalue weighted by Crippen LogP contribution is 2.42. The fourth-order valence-corrected chi connectivity index (χ4v) is 4.59. The number of hydrogen-bond donors (Lipinski definition) is 1. The van der Waals surface area contributed by atoms with E-state index in [0.717, 1.165) is 47.7 Å². The largest absolute Gasteiger partial charge is 0.383 e. The van der Waals surface area contributed by atoms with Crippen molar-refractivity contribution in [3.63, 3.8) is 0 Å². The number of hydrogen-bond acceptors (Lipinski definition) is 4. The first kappa shape index (κ1) is 19.4. The van der Waals surface area contributed by atoms with E-state index in [2.05, 4.69) is 28.8 Å². The Labute approximate surface area is 175 Å². The maximum Gasteiger partial charge on any atom is 0.129 e. The normalized spacial score (nSPS) is 21.6. The SMILES string of the molecule is C=C(C1=C(C)Nc2ccnn2C1c1ccc(Cl)c(Cl)c1)N1CCC[C@@H]1COC. The zero-order chi connectivity index (χ0) is 19.8. The second kappa shape index (κ2) is 7.82. The van der Waals surface area contributed by atoms with Gasteiger partial charge in [0, 0.05) is 36.7 Å². The van der Waals surface area contributed by atoms with Crippen molar-refractivity contribution < 1.29 is 4.74 Å². The molecule has 1 aromatic heterocycles. The molecule has 1 fully saturated rings. The highest BCUT2D eigenvalue weighted by Gasteiger charge is 2.35. The molecule has 0 radical (unpaired) electrons. The number of nitrogens with one attached hydrogen (secondary N) is 1. The van der Waals surface area contributed by atoms with Crippen LogP contribution in [-0.2, 0) is 4.74 Å². The van der Waals surface area contributed by atoms with E-state index in [9.17, 15) is 0 Å². The molecule has 3 heterocycles. The van der Waals surface area contributed by atoms with E-state index in [0.29, 0.717) is 22.7 Å². The van der Waals surface area contributed by atoms with E-state index in [-0.39, 0.29) is 6.04 Å². The molecule has 0 bridgehead atoms. The first-order chi connectivity index (χ1) is 13.5. The van der Waals surface area contributed by atoms with Crippen molar-refractivity contribution in [2.45, 2.75) is 31.8 Å². The molecule has 1 N–H and O–H groups in total. The third-order valence-electron chi connectivity index (χ3n) is 5.56. The van der Waals surface area contributed by atoms with Crippen molar-refractivity contribution in [3.8, 4) is 0 Å². The maximum atomic E-state index is 6.35. The molecule has 148 valence electrons. The van der Waals surface area contributed by atoms with Crippen LogP contribution in [0.2, 0.25) is 10.0 Å². The highest BCUT2D eigenvalue weighted by atomic mass is 35.5. The summed E-state index contributed by atoms with van der Waals surface area (Å²) < 4.78 is 7.42. The van der Waals surface area contributed by atoms with Crippen LogP contribution < -0.4 is 5.32 Å². The highest BCUT2D eigenvalue weighted by molar-refractivity contribution is 6.42. The number of allylic oxidation sites excluding steroid dienone is 2. The number of fused-ring (bicyclic) bond motifs is 1. The van der Waals surface area contributed by atoms with Crippen LogP contribution in [0.3, 0.4) is 0 Å². The summed E-state index contributed by atoms with van der Waals surface area (Å²) in [6, 6.07) is 7.94. The van der Waals surface area contributed by atoms with Crippen molar-refractivity contribution in [1.29, 1.82) is 0 Å². The first-order valence-corrected chi connectivity index (χ1v) is 10.2. The van der Waals surface area contributed by atoms with Crippen LogP contribution in [0, 0.1) is 0 Å². The summed E-state index contributed by atoms with van der Waals surface area (Å²) >= 11 is 12.5. The van der Waals surface area contributed by atoms with E-state index in [1.54, 1.807) is 13.3 Å². The van der Waals surface area contributed by atoms with Crippen LogP contribution in [0.1, 0.15) is 31.4 Å². The summed E-state index contributed by atoms with van der Waals surface area (Å²) in [6.45, 7) is 8.25. The van der Waals surface area contributed by atoms with Gasteiger partial charge >= 0.3 is 0 Å². The molecule has 4 rings (SSSR count). The van der Waals surface area contributed by atoms with E-state index in [4.69, 9.17) is 27.9 Å². The quantitative estimate of drug-likeness (QED) is 0.732. The monoisotopic (exact) mass is 418 g/mol. The molecule has 2 atom stereocenters. The lowest BCUT2D eigenvalue weighted by molar-refractivity contribution is 0.133. The van der Waals surface area contributed by atoms with Gasteiger partial charge in [-0.3, -0.25) is 0 Å². The number of benzene rings is 1. The second-order valence-corrected chi connectivity index (χ2v) is 8.11. The predicted molar refractivity (Wildman–Crippen MR) is 114 cm³/mol. The van der Waals surface area contributed by atoms with Gasteiger partial charge in [0.2, 0.25) is 0 Å². The molecule has 1 unspecified atom stereocenters. The standard InChI is InChI=1S/C21H24Cl2N4O/c1-13-20(14(2)26-10-4-5-16(26)12-28-3)21(27-19(25-13)8-9-24-27)15-6-7-17(22)18(23)11-15/h6-9,11,16,21,25H,2,4-5,10,12H2,1,3H3/t16-,21?/m1/s1. The molecule has 0 saturated carbocycles. The molecule has 28 heavy (non-hydrogen) atoms. The van der Waals surface area contributed by atoms with Gasteiger partial charge < -0.3 is 15.0 Å². The molecule has 1 saturated heterocycles. The minimum absolute atomic E-state index is 0.127. The summed E-state index contributed by atoms with van der Waals surface area (Å²) in [5.41, 5.74) is 4.20. The molecule has 2 aromatic rings. The van der Waals surface area contributed by atoms with Gasteiger partial charge in [-0.2, -0.15) is 5.10 Å². The molecule has 7 heteroatoms. The molecule has 1 aromatic carbocycles. The second-order valence-electron chi connectivity index (χ2n) is 7.29. The number of nitrogens with zero attached hydrogens (tertiary/aromatic N) is 3. The van der Waals surface area contributed by atoms with Crippen molar-refractivity contribution in [1.82, 2.24) is 14.7 Å². The van der Waals surface area contributed by atoms with Crippen LogP contribution >= 0.6 is 23.2 Å². The Bertz CT molecular complexity index is 936. The van der Waals surface area contributed by atoms with Crippen molar-refractivity contribution >= 4 is 29.0 Å². The Hall–Kier alpha value is -1.95. The Balaban J connectivity index is 1.79. The van der Waals surface area contributed by atoms with Crippen LogP contribution in [-0.4, -0.2) is 41.0 Å². The Morgan fingerprint density at radius 3 is 2.89 bits per heavy atom. The molecule has 0 spiro atoms. The molecule has 5 nitrogen and oxygen atoms in total. The minimum Gasteiger partial charge on any atom is -0.383 e. The number of anilines is 1. The van der Waals surface area contributed by atoms with Gasteiger partial charge in [-0.25, -0.2) is 4.68 Å². The summed E-state index contributed by atoms with van der Waals surface area (Å²) in [4.78, 5) is 2.36. The third-order valence-corrected chi connectivity index (χ3v) is 6.30. The van der Waals surface area contributed by atoms with Gasteiger partial charge in [0.15, 0.2) is 0 Å². The molecule has 0 amide bonds. The molecular formula is C21H24Cl2N4O. The number of likely N-dealkylation sites (tertiary alicyclic amines) is 1. The number of ether oxygens (including phenoxy) is 1. The summed E-state index contributed by atoms with van der Waals surface area (Å²) in [5, 5.41) is 9.12. The molecule has 2 aliphatic rings. The lowest BCUT2D eigenvalue weighted by atomic mass is 9.92. The maximum absolute atomic E-state index is 6.35. The van der Waals surface area contributed by atoms with Gasteiger partial charge in [0.1, 0.15) is 11.9 Å². The van der Waals surface area contributed by atoms with Gasteiger partial charge in [-0.1, -0.05) is 35.8 Å². The Morgan fingerprint density at radius 2 is 2.14 bits per heavy atom. The van der Waals surface area contributed by atoms with Crippen LogP contribution in [0.15, 0.2) is 54.0 Å². The number of methoxy groups -OCH3 is 1. The van der Waals surface area contributed by atoms with Gasteiger partial charge in [0.25, 0.3) is 0 Å². The Kier molecular flexibility index (Phi) is 5.41. The molecule has 2 aliphatic heterocycles. The van der Waals surface area contributed by atoms with Gasteiger partial charge in [0.05, 0.1) is 28.9 Å². The van der Waals surface area contributed by atoms with Crippen LogP contribution in [0.5, 0.6) is 0 Å². The zero-order valence-corrected chi connectivity index (χ0v) is 17.6. The van der Waals surface area contributed by atoms with E-state index in [1.807, 2.05) is 28.9 Å². The van der Waals surface area contributed by atoms with E-state index >= 15 is 0 Å². The van der Waals surface area contributed by atoms with E-state index < -0.39 is 0 Å². The van der Waals surface area contributed by atoms with Gasteiger partial charge in [-0.15, -0.1) is 0 Å².